The van der Waals surface area contributed by atoms with Gasteiger partial charge in [0.1, 0.15) is 0 Å². The van der Waals surface area contributed by atoms with Crippen LogP contribution in [0.2, 0.25) is 0 Å². The third-order valence-corrected chi connectivity index (χ3v) is 2.90. The van der Waals surface area contributed by atoms with Gasteiger partial charge >= 0.3 is 0 Å². The second kappa shape index (κ2) is 4.04. The van der Waals surface area contributed by atoms with Crippen molar-refractivity contribution in [3.8, 4) is 11.4 Å². The monoisotopic (exact) mass is 236 g/mol. The van der Waals surface area contributed by atoms with Crippen molar-refractivity contribution in [2.45, 2.75) is 0 Å². The molecule has 1 heterocycles. The van der Waals surface area contributed by atoms with E-state index in [-0.39, 0.29) is 11.3 Å². The molecule has 0 bridgehead atoms. The van der Waals surface area contributed by atoms with Crippen LogP contribution in [0.25, 0.3) is 16.6 Å². The number of rotatable bonds is 1. The number of hydrogen-bond donors (Lipinski definition) is 0. The highest BCUT2D eigenvalue weighted by Gasteiger charge is 2.09. The fourth-order valence-corrected chi connectivity index (χ4v) is 2.09. The molecule has 0 N–H and O–H groups in total. The summed E-state index contributed by atoms with van der Waals surface area (Å²) in [5.74, 6) is -0.234. The Morgan fingerprint density at radius 3 is 2.28 bits per heavy atom. The lowest BCUT2D eigenvalue weighted by Gasteiger charge is -2.10. The summed E-state index contributed by atoms with van der Waals surface area (Å²) in [7, 11) is 0. The third kappa shape index (κ3) is 1.57. The Labute approximate surface area is 104 Å². The van der Waals surface area contributed by atoms with E-state index in [0.717, 1.165) is 11.8 Å². The molecule has 3 aromatic rings. The first-order chi connectivity index (χ1) is 8.77. The Bertz CT molecular complexity index is 760. The van der Waals surface area contributed by atoms with Gasteiger partial charge in [-0.15, -0.1) is 0 Å². The van der Waals surface area contributed by atoms with Gasteiger partial charge in [-0.3, -0.25) is 14.5 Å². The molecule has 0 unspecified atom stereocenters. The van der Waals surface area contributed by atoms with E-state index >= 15 is 0 Å². The molecule has 3 rings (SSSR count). The number of pyridine rings is 1. The molecule has 3 heteroatoms. The van der Waals surface area contributed by atoms with Gasteiger partial charge in [-0.25, -0.2) is 0 Å². The van der Waals surface area contributed by atoms with Crippen LogP contribution in [-0.2, 0) is 5.11 Å². The second-order valence-electron chi connectivity index (χ2n) is 4.03. The van der Waals surface area contributed by atoms with Gasteiger partial charge in [-0.1, -0.05) is 30.3 Å². The van der Waals surface area contributed by atoms with Crippen molar-refractivity contribution < 1.29 is 5.11 Å². The van der Waals surface area contributed by atoms with Gasteiger partial charge in [0.25, 0.3) is 5.56 Å². The Morgan fingerprint density at radius 2 is 1.50 bits per heavy atom. The predicted molar refractivity (Wildman–Crippen MR) is 69.7 cm³/mol. The summed E-state index contributed by atoms with van der Waals surface area (Å²) in [6.45, 7) is 0. The molecule has 3 nitrogen and oxygen atoms in total. The molecule has 0 aliphatic carbocycles. The summed E-state index contributed by atoms with van der Waals surface area (Å²) >= 11 is 0. The Kier molecular flexibility index (Phi) is 2.38. The smallest absolute Gasteiger partial charge is 0.259 e. The lowest BCUT2D eigenvalue weighted by molar-refractivity contribution is 0.359. The molecule has 18 heavy (non-hydrogen) atoms. The van der Waals surface area contributed by atoms with Gasteiger partial charge in [0.2, 0.25) is 0 Å². The quantitative estimate of drug-likeness (QED) is 0.640. The van der Waals surface area contributed by atoms with E-state index in [9.17, 15) is 9.90 Å². The van der Waals surface area contributed by atoms with Crippen LogP contribution in [0.3, 0.4) is 0 Å². The van der Waals surface area contributed by atoms with Crippen molar-refractivity contribution in [3.63, 3.8) is 0 Å². The SMILES string of the molecule is [O]c1cc(=O)n(-c2ccccc2)c2ccccc12. The first-order valence-electron chi connectivity index (χ1n) is 5.64. The molecular formula is C15H10NO2. The predicted octanol–water partition coefficient (Wildman–Crippen LogP) is 3.13. The first kappa shape index (κ1) is 10.6. The molecule has 2 aromatic carbocycles. The highest BCUT2D eigenvalue weighted by molar-refractivity contribution is 5.86. The van der Waals surface area contributed by atoms with Gasteiger partial charge in [-0.2, -0.15) is 0 Å². The largest absolute Gasteiger partial charge is 0.289 e. The molecule has 1 radical (unpaired) electrons. The molecule has 0 aliphatic heterocycles. The van der Waals surface area contributed by atoms with Crippen LogP contribution in [0.5, 0.6) is 5.75 Å². The van der Waals surface area contributed by atoms with Crippen molar-refractivity contribution >= 4 is 10.9 Å². The molecule has 87 valence electrons. The minimum Gasteiger partial charge on any atom is -0.289 e. The molecule has 1 aromatic heterocycles. The van der Waals surface area contributed by atoms with Crippen molar-refractivity contribution in [2.75, 3.05) is 0 Å². The lowest BCUT2D eigenvalue weighted by atomic mass is 10.2. The highest BCUT2D eigenvalue weighted by Crippen LogP contribution is 2.24. The maximum absolute atomic E-state index is 12.0. The maximum Gasteiger partial charge on any atom is 0.259 e. The molecular weight excluding hydrogens is 226 g/mol. The Morgan fingerprint density at radius 1 is 0.833 bits per heavy atom. The second-order valence-corrected chi connectivity index (χ2v) is 4.03. The van der Waals surface area contributed by atoms with Crippen LogP contribution >= 0.6 is 0 Å². The number of benzene rings is 2. The van der Waals surface area contributed by atoms with E-state index in [1.54, 1.807) is 22.8 Å². The van der Waals surface area contributed by atoms with E-state index in [0.29, 0.717) is 10.9 Å². The van der Waals surface area contributed by atoms with Crippen LogP contribution in [0.4, 0.5) is 0 Å². The van der Waals surface area contributed by atoms with Crippen LogP contribution in [-0.4, -0.2) is 4.57 Å². The number of para-hydroxylation sites is 2. The van der Waals surface area contributed by atoms with E-state index in [1.165, 1.54) is 0 Å². The zero-order valence-electron chi connectivity index (χ0n) is 9.54. The van der Waals surface area contributed by atoms with Gasteiger partial charge in [0.05, 0.1) is 11.6 Å². The summed E-state index contributed by atoms with van der Waals surface area (Å²) < 4.78 is 1.55. The van der Waals surface area contributed by atoms with E-state index in [1.807, 2.05) is 36.4 Å². The highest BCUT2D eigenvalue weighted by atomic mass is 16.3. The molecule has 0 amide bonds. The van der Waals surface area contributed by atoms with Crippen molar-refractivity contribution in [3.05, 3.63) is 71.0 Å². The fraction of sp³-hybridized carbons (Fsp3) is 0. The summed E-state index contributed by atoms with van der Waals surface area (Å²) in [6, 6.07) is 17.6. The van der Waals surface area contributed by atoms with Crippen molar-refractivity contribution in [1.29, 1.82) is 0 Å². The van der Waals surface area contributed by atoms with Crippen LogP contribution < -0.4 is 5.56 Å². The average Bonchev–Trinajstić information content (AvgIpc) is 2.40. The Hall–Kier alpha value is -2.55. The van der Waals surface area contributed by atoms with Gasteiger partial charge in [0.15, 0.2) is 5.75 Å². The minimum atomic E-state index is -0.301. The topological polar surface area (TPSA) is 41.9 Å². The van der Waals surface area contributed by atoms with Crippen molar-refractivity contribution in [1.82, 2.24) is 4.57 Å². The molecule has 0 saturated heterocycles. The van der Waals surface area contributed by atoms with E-state index in [4.69, 9.17) is 0 Å². The van der Waals surface area contributed by atoms with Crippen LogP contribution in [0, 0.1) is 0 Å². The summed E-state index contributed by atoms with van der Waals surface area (Å²) in [5, 5.41) is 12.3. The molecule has 0 aliphatic rings. The van der Waals surface area contributed by atoms with E-state index in [2.05, 4.69) is 0 Å². The minimum absolute atomic E-state index is 0.234. The third-order valence-electron chi connectivity index (χ3n) is 2.90. The zero-order chi connectivity index (χ0) is 12.5. The van der Waals surface area contributed by atoms with Gasteiger partial charge in [0, 0.05) is 11.1 Å². The van der Waals surface area contributed by atoms with Crippen molar-refractivity contribution in [2.24, 2.45) is 0 Å². The summed E-state index contributed by atoms with van der Waals surface area (Å²) in [5.41, 5.74) is 1.10. The van der Waals surface area contributed by atoms with Crippen LogP contribution in [0.15, 0.2) is 65.5 Å². The molecule has 0 fully saturated rings. The zero-order valence-corrected chi connectivity index (χ0v) is 9.54. The molecule has 0 atom stereocenters. The number of fused-ring (bicyclic) bond motifs is 1. The number of hydrogen-bond acceptors (Lipinski definition) is 1. The van der Waals surface area contributed by atoms with Gasteiger partial charge in [-0.05, 0) is 24.3 Å². The molecule has 0 saturated carbocycles. The fourth-order valence-electron chi connectivity index (χ4n) is 2.09. The van der Waals surface area contributed by atoms with Gasteiger partial charge < -0.3 is 0 Å². The summed E-state index contributed by atoms with van der Waals surface area (Å²) in [6.07, 6.45) is 0. The summed E-state index contributed by atoms with van der Waals surface area (Å²) in [4.78, 5) is 12.0. The van der Waals surface area contributed by atoms with E-state index < -0.39 is 0 Å². The Balaban J connectivity index is 2.46. The van der Waals surface area contributed by atoms with Crippen LogP contribution in [0.1, 0.15) is 0 Å². The normalized spacial score (nSPS) is 10.7. The first-order valence-corrected chi connectivity index (χ1v) is 5.64. The maximum atomic E-state index is 12.0. The standard InChI is InChI=1S/C15H10NO2/c17-14-10-15(18)16(11-6-2-1-3-7-11)13-9-5-4-8-12(13)14/h1-10H. The lowest BCUT2D eigenvalue weighted by Crippen LogP contribution is -2.17. The number of nitrogens with zero attached hydrogens (tertiary/aromatic N) is 1. The molecule has 0 spiro atoms. The number of aromatic nitrogens is 1. The average molecular weight is 236 g/mol.